The molecule has 0 spiro atoms. The summed E-state index contributed by atoms with van der Waals surface area (Å²) < 4.78 is 28.9. The lowest BCUT2D eigenvalue weighted by Crippen LogP contribution is -2.39. The molecular weight excluding hydrogens is 373 g/mol. The van der Waals surface area contributed by atoms with E-state index in [0.717, 1.165) is 8.76 Å². The van der Waals surface area contributed by atoms with Gasteiger partial charge in [-0.05, 0) is 51.5 Å². The first-order valence-electron chi connectivity index (χ1n) is 6.04. The van der Waals surface area contributed by atoms with E-state index in [-0.39, 0.29) is 11.6 Å². The van der Waals surface area contributed by atoms with Crippen LogP contribution in [0.15, 0.2) is 36.4 Å². The van der Waals surface area contributed by atoms with E-state index in [9.17, 15) is 8.78 Å². The van der Waals surface area contributed by atoms with Crippen LogP contribution in [0.2, 0.25) is 19.6 Å². The molecule has 4 heteroatoms. The molecule has 0 N–H and O–H groups in total. The van der Waals surface area contributed by atoms with Crippen LogP contribution in [-0.2, 0) is 0 Å². The molecule has 0 atom stereocenters. The predicted octanol–water partition coefficient (Wildman–Crippen LogP) is 4.78. The molecule has 0 aliphatic rings. The normalized spacial score (nSPS) is 11.7. The van der Waals surface area contributed by atoms with Gasteiger partial charge in [-0.1, -0.05) is 37.8 Å². The first-order valence-corrected chi connectivity index (χ1v) is 10.6. The van der Waals surface area contributed by atoms with Crippen LogP contribution >= 0.6 is 22.6 Å². The van der Waals surface area contributed by atoms with Crippen molar-refractivity contribution in [2.24, 2.45) is 0 Å². The van der Waals surface area contributed by atoms with Gasteiger partial charge in [-0.2, -0.15) is 0 Å². The van der Waals surface area contributed by atoms with Crippen molar-refractivity contribution >= 4 is 35.9 Å². The van der Waals surface area contributed by atoms with Gasteiger partial charge in [0.2, 0.25) is 0 Å². The van der Waals surface area contributed by atoms with Gasteiger partial charge in [0.25, 0.3) is 0 Å². The second-order valence-corrected chi connectivity index (χ2v) is 11.9. The molecule has 0 aliphatic heterocycles. The maximum Gasteiger partial charge on any atom is 0.132 e. The number of hydrogen-bond acceptors (Lipinski definition) is 0. The number of benzene rings is 2. The summed E-state index contributed by atoms with van der Waals surface area (Å²) in [5.41, 5.74) is 1.04. The van der Waals surface area contributed by atoms with Gasteiger partial charge < -0.3 is 0 Å². The predicted molar refractivity (Wildman–Crippen MR) is 87.5 cm³/mol. The highest BCUT2D eigenvalue weighted by atomic mass is 127. The van der Waals surface area contributed by atoms with E-state index in [1.807, 2.05) is 12.1 Å². The molecule has 0 saturated heterocycles. The van der Waals surface area contributed by atoms with Crippen LogP contribution in [0.1, 0.15) is 0 Å². The Kier molecular flexibility index (Phi) is 4.10. The molecule has 0 bridgehead atoms. The van der Waals surface area contributed by atoms with Crippen molar-refractivity contribution in [3.63, 3.8) is 0 Å². The Morgan fingerprint density at radius 3 is 2.11 bits per heavy atom. The highest BCUT2D eigenvalue weighted by molar-refractivity contribution is 14.1. The van der Waals surface area contributed by atoms with Crippen LogP contribution in [0.25, 0.3) is 11.1 Å². The van der Waals surface area contributed by atoms with E-state index < -0.39 is 8.07 Å². The molecule has 0 heterocycles. The Morgan fingerprint density at radius 2 is 1.58 bits per heavy atom. The Labute approximate surface area is 127 Å². The summed E-state index contributed by atoms with van der Waals surface area (Å²) in [7, 11) is -1.69. The van der Waals surface area contributed by atoms with Crippen molar-refractivity contribution in [2.45, 2.75) is 19.6 Å². The first kappa shape index (κ1) is 14.7. The van der Waals surface area contributed by atoms with E-state index in [1.165, 1.54) is 12.1 Å². The Hall–Kier alpha value is -0.753. The van der Waals surface area contributed by atoms with Gasteiger partial charge in [0.15, 0.2) is 0 Å². The van der Waals surface area contributed by atoms with E-state index in [0.29, 0.717) is 11.1 Å². The largest absolute Gasteiger partial charge is 0.207 e. The molecular formula is C15H15F2ISi. The summed E-state index contributed by atoms with van der Waals surface area (Å²) in [5, 5.41) is 0.780. The molecule has 2 aromatic rings. The average Bonchev–Trinajstić information content (AvgIpc) is 2.26. The Balaban J connectivity index is 2.51. The summed E-state index contributed by atoms with van der Waals surface area (Å²) in [6.07, 6.45) is 0. The Morgan fingerprint density at radius 1 is 0.895 bits per heavy atom. The lowest BCUT2D eigenvalue weighted by Gasteiger charge is -2.18. The topological polar surface area (TPSA) is 0 Å². The summed E-state index contributed by atoms with van der Waals surface area (Å²) in [4.78, 5) is 0. The second kappa shape index (κ2) is 5.32. The zero-order valence-corrected chi connectivity index (χ0v) is 14.3. The molecule has 19 heavy (non-hydrogen) atoms. The average molecular weight is 388 g/mol. The van der Waals surface area contributed by atoms with Crippen molar-refractivity contribution in [2.75, 3.05) is 0 Å². The highest BCUT2D eigenvalue weighted by Gasteiger charge is 2.21. The van der Waals surface area contributed by atoms with E-state index in [1.54, 1.807) is 12.1 Å². The number of hydrogen-bond donors (Lipinski definition) is 0. The molecule has 0 nitrogen and oxygen atoms in total. The summed E-state index contributed by atoms with van der Waals surface area (Å²) in [6, 6.07) is 10.0. The quantitative estimate of drug-likeness (QED) is 0.513. The second-order valence-electron chi connectivity index (χ2n) is 5.57. The van der Waals surface area contributed by atoms with E-state index in [4.69, 9.17) is 0 Å². The smallest absolute Gasteiger partial charge is 0.132 e. The molecule has 2 rings (SSSR count). The Bertz CT molecular complexity index is 618. The summed E-state index contributed by atoms with van der Waals surface area (Å²) >= 11 is 2.06. The van der Waals surface area contributed by atoms with Gasteiger partial charge in [-0.25, -0.2) is 8.78 Å². The maximum atomic E-state index is 14.2. The van der Waals surface area contributed by atoms with Crippen LogP contribution < -0.4 is 5.19 Å². The van der Waals surface area contributed by atoms with Crippen LogP contribution in [0.4, 0.5) is 8.78 Å². The van der Waals surface area contributed by atoms with Gasteiger partial charge in [0, 0.05) is 9.13 Å². The standard InChI is InChI=1S/C15H15F2ISi/c1-19(2,3)15-7-4-10(8-14(15)17)12-6-5-11(18)9-13(12)16/h4-9H,1-3H3. The van der Waals surface area contributed by atoms with Gasteiger partial charge >= 0.3 is 0 Å². The van der Waals surface area contributed by atoms with Gasteiger partial charge in [0.05, 0.1) is 8.07 Å². The lowest BCUT2D eigenvalue weighted by atomic mass is 10.1. The number of rotatable bonds is 2. The first-order chi connectivity index (χ1) is 8.79. The SMILES string of the molecule is C[Si](C)(C)c1ccc(-c2ccc(I)cc2F)cc1F. The number of halogens is 3. The fourth-order valence-corrected chi connectivity index (χ4v) is 3.84. The zero-order valence-electron chi connectivity index (χ0n) is 11.1. The molecule has 0 aromatic heterocycles. The monoisotopic (exact) mass is 388 g/mol. The van der Waals surface area contributed by atoms with Crippen LogP contribution in [0.3, 0.4) is 0 Å². The van der Waals surface area contributed by atoms with Gasteiger partial charge in [-0.3, -0.25) is 0 Å². The van der Waals surface area contributed by atoms with Crippen molar-refractivity contribution < 1.29 is 8.78 Å². The summed E-state index contributed by atoms with van der Waals surface area (Å²) in [5.74, 6) is -0.540. The van der Waals surface area contributed by atoms with Gasteiger partial charge in [-0.15, -0.1) is 0 Å². The highest BCUT2D eigenvalue weighted by Crippen LogP contribution is 2.25. The third kappa shape index (κ3) is 3.23. The molecule has 0 aliphatic carbocycles. The van der Waals surface area contributed by atoms with Gasteiger partial charge in [0.1, 0.15) is 11.6 Å². The van der Waals surface area contributed by atoms with Crippen molar-refractivity contribution in [1.29, 1.82) is 0 Å². The van der Waals surface area contributed by atoms with E-state index >= 15 is 0 Å². The molecule has 2 aromatic carbocycles. The molecule has 0 fully saturated rings. The fraction of sp³-hybridized carbons (Fsp3) is 0.200. The zero-order chi connectivity index (χ0) is 14.2. The lowest BCUT2D eigenvalue weighted by molar-refractivity contribution is 0.627. The minimum atomic E-state index is -1.69. The third-order valence-corrected chi connectivity index (χ3v) is 5.71. The van der Waals surface area contributed by atoms with Crippen molar-refractivity contribution in [1.82, 2.24) is 0 Å². The molecule has 0 radical (unpaired) electrons. The van der Waals surface area contributed by atoms with Crippen molar-refractivity contribution in [3.05, 3.63) is 51.6 Å². The molecule has 0 saturated carbocycles. The summed E-state index contributed by atoms with van der Waals surface area (Å²) in [6.45, 7) is 6.28. The minimum Gasteiger partial charge on any atom is -0.207 e. The fourth-order valence-electron chi connectivity index (χ4n) is 2.01. The van der Waals surface area contributed by atoms with Crippen LogP contribution in [0, 0.1) is 15.2 Å². The maximum absolute atomic E-state index is 14.2. The third-order valence-electron chi connectivity index (χ3n) is 3.02. The van der Waals surface area contributed by atoms with Crippen molar-refractivity contribution in [3.8, 4) is 11.1 Å². The van der Waals surface area contributed by atoms with Crippen LogP contribution in [0.5, 0.6) is 0 Å². The minimum absolute atomic E-state index is 0.227. The molecule has 100 valence electrons. The molecule has 0 unspecified atom stereocenters. The molecule has 0 amide bonds. The van der Waals surface area contributed by atoms with E-state index in [2.05, 4.69) is 42.2 Å². The van der Waals surface area contributed by atoms with Crippen LogP contribution in [-0.4, -0.2) is 8.07 Å².